The molecule has 12 nitrogen and oxygen atoms in total. The summed E-state index contributed by atoms with van der Waals surface area (Å²) >= 11 is 0. The largest absolute Gasteiger partial charge is 0.447 e. The number of hydrogen-bond acceptors (Lipinski definition) is 7. The molecular formula is C29H40N6O6. The van der Waals surface area contributed by atoms with Crippen molar-refractivity contribution in [3.05, 3.63) is 70.4 Å². The number of rotatable bonds is 12. The van der Waals surface area contributed by atoms with Gasteiger partial charge < -0.3 is 35.3 Å². The number of nitrogens with one attached hydrogen (secondary N) is 2. The number of aliphatic hydroxyl groups excluding tert-OH is 1. The fourth-order valence-electron chi connectivity index (χ4n) is 3.81. The van der Waals surface area contributed by atoms with Gasteiger partial charge in [-0.25, -0.2) is 9.78 Å². The average Bonchev–Trinajstić information content (AvgIpc) is 3.33. The van der Waals surface area contributed by atoms with E-state index in [9.17, 15) is 19.2 Å². The Morgan fingerprint density at radius 1 is 1.22 bits per heavy atom. The van der Waals surface area contributed by atoms with Gasteiger partial charge in [0.1, 0.15) is 18.1 Å². The number of carbonyl (C=O) groups excluding carboxylic acids is 3. The number of hydrogen-bond donors (Lipinski definition) is 4. The number of likely N-dealkylation sites (N-methyl/N-ethyl adjacent to an activating group) is 1. The third-order valence-corrected chi connectivity index (χ3v) is 5.70. The Kier molecular flexibility index (Phi) is 13.3. The van der Waals surface area contributed by atoms with Crippen molar-refractivity contribution in [3.63, 3.8) is 0 Å². The molecule has 0 unspecified atom stereocenters. The molecule has 0 saturated heterocycles. The first-order valence-corrected chi connectivity index (χ1v) is 13.4. The number of aromatic nitrogens is 3. The summed E-state index contributed by atoms with van der Waals surface area (Å²) in [4.78, 5) is 55.9. The maximum Gasteiger partial charge on any atom is 0.404 e. The van der Waals surface area contributed by atoms with Crippen LogP contribution < -0.4 is 16.6 Å². The predicted molar refractivity (Wildman–Crippen MR) is 157 cm³/mol. The third-order valence-electron chi connectivity index (χ3n) is 5.70. The van der Waals surface area contributed by atoms with E-state index in [4.69, 9.17) is 10.1 Å². The van der Waals surface area contributed by atoms with Crippen molar-refractivity contribution in [1.29, 1.82) is 0 Å². The molecule has 0 fully saturated rings. The Hall–Kier alpha value is -4.45. The SMILES string of the molecule is CC(C)Cc1cccc2[nH]c(Cn3cccc(NC(=O)CCC/C=C/C(=O)N(C)C)c3=O)nc12.NC(=O)OCCO. The normalized spacial score (nSPS) is 10.9. The molecule has 0 atom stereocenters. The van der Waals surface area contributed by atoms with E-state index in [0.717, 1.165) is 17.5 Å². The van der Waals surface area contributed by atoms with Gasteiger partial charge in [0.2, 0.25) is 11.8 Å². The van der Waals surface area contributed by atoms with Gasteiger partial charge in [-0.1, -0.05) is 32.1 Å². The number of amides is 3. The number of aliphatic hydroxyl groups is 1. The number of carbonyl (C=O) groups is 3. The van der Waals surface area contributed by atoms with Gasteiger partial charge in [0.05, 0.1) is 24.2 Å². The molecule has 0 radical (unpaired) electrons. The van der Waals surface area contributed by atoms with Crippen LogP contribution in [-0.4, -0.2) is 69.8 Å². The first kappa shape index (κ1) is 32.8. The van der Waals surface area contributed by atoms with Gasteiger partial charge in [-0.3, -0.25) is 14.4 Å². The number of anilines is 1. The Morgan fingerprint density at radius 3 is 2.61 bits per heavy atom. The summed E-state index contributed by atoms with van der Waals surface area (Å²) in [5, 5.41) is 10.7. The number of imidazole rings is 1. The molecule has 0 aliphatic carbocycles. The highest BCUT2D eigenvalue weighted by molar-refractivity contribution is 5.90. The number of H-pyrrole nitrogens is 1. The molecule has 3 amide bonds. The van der Waals surface area contributed by atoms with Crippen LogP contribution in [0.5, 0.6) is 0 Å². The number of benzene rings is 1. The lowest BCUT2D eigenvalue weighted by Crippen LogP contribution is -2.26. The molecule has 0 aliphatic rings. The third kappa shape index (κ3) is 11.3. The quantitative estimate of drug-likeness (QED) is 0.192. The fourth-order valence-corrected chi connectivity index (χ4v) is 3.81. The highest BCUT2D eigenvalue weighted by Gasteiger charge is 2.12. The van der Waals surface area contributed by atoms with E-state index < -0.39 is 6.09 Å². The molecule has 41 heavy (non-hydrogen) atoms. The summed E-state index contributed by atoms with van der Waals surface area (Å²) in [5.74, 6) is 0.889. The molecule has 0 aliphatic heterocycles. The number of aromatic amines is 1. The molecule has 222 valence electrons. The van der Waals surface area contributed by atoms with Gasteiger partial charge in [-0.15, -0.1) is 0 Å². The van der Waals surface area contributed by atoms with Crippen molar-refractivity contribution in [2.75, 3.05) is 32.6 Å². The number of allylic oxidation sites excluding steroid dienone is 1. The van der Waals surface area contributed by atoms with Crippen LogP contribution in [0.3, 0.4) is 0 Å². The van der Waals surface area contributed by atoms with Crippen LogP contribution in [0.2, 0.25) is 0 Å². The van der Waals surface area contributed by atoms with Gasteiger partial charge in [0.25, 0.3) is 5.56 Å². The maximum atomic E-state index is 12.9. The minimum absolute atomic E-state index is 0.0185. The minimum Gasteiger partial charge on any atom is -0.447 e. The second-order valence-corrected chi connectivity index (χ2v) is 9.92. The van der Waals surface area contributed by atoms with Crippen molar-refractivity contribution >= 4 is 34.6 Å². The second kappa shape index (κ2) is 16.6. The number of primary amides is 1. The van der Waals surface area contributed by atoms with E-state index >= 15 is 0 Å². The summed E-state index contributed by atoms with van der Waals surface area (Å²) in [5.41, 5.74) is 7.53. The zero-order chi connectivity index (χ0) is 30.4. The zero-order valence-electron chi connectivity index (χ0n) is 24.1. The van der Waals surface area contributed by atoms with Crippen LogP contribution in [0.4, 0.5) is 10.5 Å². The van der Waals surface area contributed by atoms with Crippen molar-refractivity contribution < 1.29 is 24.2 Å². The Morgan fingerprint density at radius 2 is 1.98 bits per heavy atom. The van der Waals surface area contributed by atoms with Crippen molar-refractivity contribution in [2.45, 2.75) is 46.1 Å². The van der Waals surface area contributed by atoms with Crippen LogP contribution >= 0.6 is 0 Å². The van der Waals surface area contributed by atoms with Crippen LogP contribution in [0.1, 0.15) is 44.5 Å². The monoisotopic (exact) mass is 568 g/mol. The number of unbranched alkanes of at least 4 members (excludes halogenated alkanes) is 1. The first-order valence-electron chi connectivity index (χ1n) is 13.4. The summed E-state index contributed by atoms with van der Waals surface area (Å²) in [7, 11) is 3.37. The maximum absolute atomic E-state index is 12.9. The van der Waals surface area contributed by atoms with Crippen LogP contribution in [0.25, 0.3) is 11.0 Å². The topological polar surface area (TPSA) is 173 Å². The highest BCUT2D eigenvalue weighted by atomic mass is 16.6. The highest BCUT2D eigenvalue weighted by Crippen LogP contribution is 2.20. The lowest BCUT2D eigenvalue weighted by molar-refractivity contribution is -0.123. The van der Waals surface area contributed by atoms with Gasteiger partial charge in [-0.05, 0) is 55.0 Å². The summed E-state index contributed by atoms with van der Waals surface area (Å²) in [6.45, 7) is 4.44. The van der Waals surface area contributed by atoms with Crippen LogP contribution in [-0.2, 0) is 27.3 Å². The van der Waals surface area contributed by atoms with E-state index in [1.807, 2.05) is 12.1 Å². The van der Waals surface area contributed by atoms with Crippen molar-refractivity contribution in [1.82, 2.24) is 19.4 Å². The van der Waals surface area contributed by atoms with E-state index in [1.54, 1.807) is 38.5 Å². The van der Waals surface area contributed by atoms with E-state index in [-0.39, 0.29) is 49.2 Å². The molecule has 0 bridgehead atoms. The number of para-hydroxylation sites is 1. The lowest BCUT2D eigenvalue weighted by Gasteiger charge is -2.08. The number of fused-ring (bicyclic) bond motifs is 1. The predicted octanol–water partition coefficient (Wildman–Crippen LogP) is 2.80. The molecule has 2 heterocycles. The van der Waals surface area contributed by atoms with Crippen LogP contribution in [0, 0.1) is 5.92 Å². The minimum atomic E-state index is -0.853. The summed E-state index contributed by atoms with van der Waals surface area (Å²) in [6, 6.07) is 9.43. The fraction of sp³-hybridized carbons (Fsp3) is 0.414. The van der Waals surface area contributed by atoms with Gasteiger partial charge in [0.15, 0.2) is 0 Å². The summed E-state index contributed by atoms with van der Waals surface area (Å²) in [6.07, 6.45) is 6.48. The Labute approximate surface area is 239 Å². The first-order chi connectivity index (χ1) is 19.5. The molecule has 0 saturated carbocycles. The Balaban J connectivity index is 0.000000745. The molecule has 3 rings (SSSR count). The van der Waals surface area contributed by atoms with Crippen molar-refractivity contribution in [2.24, 2.45) is 11.7 Å². The Bertz CT molecular complexity index is 1390. The van der Waals surface area contributed by atoms with E-state index in [1.165, 1.54) is 21.1 Å². The standard InChI is InChI=1S/C26H33N5O3.C3H7NO3/c1-18(2)16-19-10-8-11-20-25(19)29-22(27-20)17-31-15-9-12-21(26(31)34)28-23(32)13-6-5-7-14-24(33)30(3)4;4-3(6)7-2-1-5/h7-12,14-15,18H,5-6,13,16-17H2,1-4H3,(H,27,29)(H,28,32);5H,1-2H2,(H2,4,6)/b14-7+;. The molecule has 0 spiro atoms. The molecular weight excluding hydrogens is 528 g/mol. The van der Waals surface area contributed by atoms with Crippen molar-refractivity contribution in [3.8, 4) is 0 Å². The summed E-state index contributed by atoms with van der Waals surface area (Å²) < 4.78 is 5.61. The zero-order valence-corrected chi connectivity index (χ0v) is 24.1. The van der Waals surface area contributed by atoms with Crippen LogP contribution in [0.15, 0.2) is 53.5 Å². The number of pyridine rings is 1. The lowest BCUT2D eigenvalue weighted by atomic mass is 10.0. The van der Waals surface area contributed by atoms with Gasteiger partial charge in [0, 0.05) is 26.7 Å². The molecule has 12 heteroatoms. The van der Waals surface area contributed by atoms with Gasteiger partial charge in [-0.2, -0.15) is 0 Å². The number of nitrogens with two attached hydrogens (primary N) is 1. The van der Waals surface area contributed by atoms with E-state index in [2.05, 4.69) is 40.7 Å². The molecule has 3 aromatic rings. The molecule has 1 aromatic carbocycles. The smallest absolute Gasteiger partial charge is 0.404 e. The number of ether oxygens (including phenoxy) is 1. The van der Waals surface area contributed by atoms with E-state index in [0.29, 0.717) is 24.6 Å². The second-order valence-electron chi connectivity index (χ2n) is 9.92. The van der Waals surface area contributed by atoms with Gasteiger partial charge >= 0.3 is 6.09 Å². The molecule has 5 N–H and O–H groups in total. The average molecular weight is 569 g/mol. The molecule has 2 aromatic heterocycles. The number of nitrogens with zero attached hydrogens (tertiary/aromatic N) is 3.